The Hall–Kier alpha value is -3.61. The Morgan fingerprint density at radius 1 is 1.03 bits per heavy atom. The normalized spacial score (nSPS) is 11.7. The van der Waals surface area contributed by atoms with E-state index in [0.717, 1.165) is 5.56 Å². The number of para-hydroxylation sites is 1. The van der Waals surface area contributed by atoms with E-state index in [0.29, 0.717) is 16.9 Å². The van der Waals surface area contributed by atoms with Gasteiger partial charge < -0.3 is 10.1 Å². The Kier molecular flexibility index (Phi) is 5.68. The second-order valence-corrected chi connectivity index (χ2v) is 6.84. The van der Waals surface area contributed by atoms with Crippen LogP contribution in [0.4, 0.5) is 5.69 Å². The third-order valence-electron chi connectivity index (χ3n) is 4.71. The second kappa shape index (κ2) is 8.18. The molecule has 0 saturated heterocycles. The van der Waals surface area contributed by atoms with E-state index < -0.39 is 18.0 Å². The number of anilines is 1. The van der Waals surface area contributed by atoms with Crippen LogP contribution in [0.25, 0.3) is 5.69 Å². The molecule has 29 heavy (non-hydrogen) atoms. The van der Waals surface area contributed by atoms with Crippen molar-refractivity contribution in [2.24, 2.45) is 7.05 Å². The van der Waals surface area contributed by atoms with Crippen LogP contribution in [0, 0.1) is 13.8 Å². The standard InChI is InChI=1S/C22H23N3O4/c1-14-9-8-10-17(13-14)22(28)29-16(3)20(26)23-19-15(2)24(4)25(21(19)27)18-11-6-5-7-12-18/h5-13,16H,1-4H3,(H,23,26)/t16-/m1/s1. The topological polar surface area (TPSA) is 82.3 Å². The van der Waals surface area contributed by atoms with Crippen LogP contribution >= 0.6 is 0 Å². The number of nitrogens with one attached hydrogen (secondary N) is 1. The molecule has 7 heteroatoms. The van der Waals surface area contributed by atoms with E-state index in [9.17, 15) is 14.4 Å². The van der Waals surface area contributed by atoms with E-state index in [1.54, 1.807) is 49.0 Å². The summed E-state index contributed by atoms with van der Waals surface area (Å²) in [5.41, 5.74) is 2.35. The maximum absolute atomic E-state index is 12.9. The number of nitrogens with zero attached hydrogens (tertiary/aromatic N) is 2. The van der Waals surface area contributed by atoms with Gasteiger partial charge in [-0.2, -0.15) is 0 Å². The molecular formula is C22H23N3O4. The minimum Gasteiger partial charge on any atom is -0.449 e. The molecule has 3 aromatic rings. The van der Waals surface area contributed by atoms with Crippen LogP contribution in [0.5, 0.6) is 0 Å². The largest absolute Gasteiger partial charge is 0.449 e. The number of rotatable bonds is 5. The monoisotopic (exact) mass is 393 g/mol. The summed E-state index contributed by atoms with van der Waals surface area (Å²) >= 11 is 0. The molecule has 0 aliphatic rings. The average Bonchev–Trinajstić information content (AvgIpc) is 2.91. The van der Waals surface area contributed by atoms with Gasteiger partial charge in [0.25, 0.3) is 11.5 Å². The average molecular weight is 393 g/mol. The first kappa shape index (κ1) is 20.1. The van der Waals surface area contributed by atoms with Gasteiger partial charge in [-0.05, 0) is 45.0 Å². The minimum absolute atomic E-state index is 0.153. The van der Waals surface area contributed by atoms with Crippen molar-refractivity contribution >= 4 is 17.6 Å². The van der Waals surface area contributed by atoms with E-state index in [1.165, 1.54) is 11.6 Å². The number of ether oxygens (including phenoxy) is 1. The fourth-order valence-electron chi connectivity index (χ4n) is 2.99. The van der Waals surface area contributed by atoms with E-state index in [-0.39, 0.29) is 11.2 Å². The first-order valence-corrected chi connectivity index (χ1v) is 9.22. The van der Waals surface area contributed by atoms with Crippen molar-refractivity contribution in [2.45, 2.75) is 26.9 Å². The van der Waals surface area contributed by atoms with E-state index >= 15 is 0 Å². The van der Waals surface area contributed by atoms with Crippen LogP contribution in [0.2, 0.25) is 0 Å². The number of benzene rings is 2. The zero-order chi connectivity index (χ0) is 21.1. The summed E-state index contributed by atoms with van der Waals surface area (Å²) < 4.78 is 8.39. The maximum atomic E-state index is 12.9. The van der Waals surface area contributed by atoms with E-state index in [1.807, 2.05) is 31.2 Å². The van der Waals surface area contributed by atoms with Crippen molar-refractivity contribution in [3.05, 3.63) is 81.8 Å². The van der Waals surface area contributed by atoms with Crippen molar-refractivity contribution in [1.82, 2.24) is 9.36 Å². The molecule has 0 radical (unpaired) electrons. The van der Waals surface area contributed by atoms with Crippen LogP contribution in [0.3, 0.4) is 0 Å². The molecule has 0 bridgehead atoms. The lowest BCUT2D eigenvalue weighted by atomic mass is 10.1. The zero-order valence-corrected chi connectivity index (χ0v) is 16.8. The van der Waals surface area contributed by atoms with Gasteiger partial charge in [0, 0.05) is 7.05 Å². The minimum atomic E-state index is -1.06. The molecule has 0 aliphatic carbocycles. The molecule has 1 atom stereocenters. The van der Waals surface area contributed by atoms with E-state index in [4.69, 9.17) is 4.74 Å². The molecule has 2 aromatic carbocycles. The third-order valence-corrected chi connectivity index (χ3v) is 4.71. The van der Waals surface area contributed by atoms with Gasteiger partial charge in [0.15, 0.2) is 6.10 Å². The van der Waals surface area contributed by atoms with Crippen LogP contribution in [0.1, 0.15) is 28.5 Å². The summed E-state index contributed by atoms with van der Waals surface area (Å²) in [5, 5.41) is 2.61. The van der Waals surface area contributed by atoms with Crippen molar-refractivity contribution < 1.29 is 14.3 Å². The fraction of sp³-hybridized carbons (Fsp3) is 0.227. The van der Waals surface area contributed by atoms with Gasteiger partial charge in [0.1, 0.15) is 5.69 Å². The molecule has 1 N–H and O–H groups in total. The van der Waals surface area contributed by atoms with Crippen LogP contribution in [0.15, 0.2) is 59.4 Å². The summed E-state index contributed by atoms with van der Waals surface area (Å²) in [5.74, 6) is -1.17. The van der Waals surface area contributed by atoms with Crippen LogP contribution < -0.4 is 10.9 Å². The maximum Gasteiger partial charge on any atom is 0.338 e. The molecule has 0 aliphatic heterocycles. The lowest BCUT2D eigenvalue weighted by Gasteiger charge is -2.13. The lowest BCUT2D eigenvalue weighted by molar-refractivity contribution is -0.123. The smallest absolute Gasteiger partial charge is 0.338 e. The van der Waals surface area contributed by atoms with Crippen molar-refractivity contribution in [1.29, 1.82) is 0 Å². The SMILES string of the molecule is Cc1cccc(C(=O)O[C@H](C)C(=O)Nc2c(C)n(C)n(-c3ccccc3)c2=O)c1. The van der Waals surface area contributed by atoms with Gasteiger partial charge in [-0.25, -0.2) is 9.48 Å². The van der Waals surface area contributed by atoms with Gasteiger partial charge >= 0.3 is 5.97 Å². The molecule has 150 valence electrons. The van der Waals surface area contributed by atoms with Crippen molar-refractivity contribution in [3.8, 4) is 5.69 Å². The summed E-state index contributed by atoms with van der Waals surface area (Å²) in [6.07, 6.45) is -1.06. The Bertz CT molecular complexity index is 1110. The molecule has 7 nitrogen and oxygen atoms in total. The molecule has 1 aromatic heterocycles. The summed E-state index contributed by atoms with van der Waals surface area (Å²) in [7, 11) is 1.74. The number of esters is 1. The number of carbonyl (C=O) groups is 2. The Labute approximate surface area is 168 Å². The van der Waals surface area contributed by atoms with Gasteiger partial charge in [-0.3, -0.25) is 14.3 Å². The first-order valence-electron chi connectivity index (χ1n) is 9.22. The highest BCUT2D eigenvalue weighted by molar-refractivity contribution is 5.97. The quantitative estimate of drug-likeness (QED) is 0.676. The molecule has 1 amide bonds. The summed E-state index contributed by atoms with van der Waals surface area (Å²) in [6.45, 7) is 5.07. The number of hydrogen-bond acceptors (Lipinski definition) is 4. The second-order valence-electron chi connectivity index (χ2n) is 6.84. The Morgan fingerprint density at radius 2 is 1.72 bits per heavy atom. The molecule has 1 heterocycles. The molecule has 0 unspecified atom stereocenters. The number of hydrogen-bond donors (Lipinski definition) is 1. The number of carbonyl (C=O) groups excluding carboxylic acids is 2. The van der Waals surface area contributed by atoms with Gasteiger partial charge in [-0.15, -0.1) is 0 Å². The molecule has 0 fully saturated rings. The zero-order valence-electron chi connectivity index (χ0n) is 16.8. The van der Waals surface area contributed by atoms with E-state index in [2.05, 4.69) is 5.32 Å². The molecule has 0 saturated carbocycles. The van der Waals surface area contributed by atoms with Crippen molar-refractivity contribution in [3.63, 3.8) is 0 Å². The summed E-state index contributed by atoms with van der Waals surface area (Å²) in [6, 6.07) is 16.0. The number of aromatic nitrogens is 2. The highest BCUT2D eigenvalue weighted by atomic mass is 16.5. The summed E-state index contributed by atoms with van der Waals surface area (Å²) in [4.78, 5) is 37.7. The lowest BCUT2D eigenvalue weighted by Crippen LogP contribution is -2.32. The highest BCUT2D eigenvalue weighted by Crippen LogP contribution is 2.15. The van der Waals surface area contributed by atoms with Crippen LogP contribution in [-0.2, 0) is 16.6 Å². The first-order chi connectivity index (χ1) is 13.8. The molecular weight excluding hydrogens is 370 g/mol. The Balaban J connectivity index is 1.79. The molecule has 3 rings (SSSR count). The number of amides is 1. The van der Waals surface area contributed by atoms with Crippen molar-refractivity contribution in [2.75, 3.05) is 5.32 Å². The Morgan fingerprint density at radius 3 is 2.38 bits per heavy atom. The van der Waals surface area contributed by atoms with Gasteiger partial charge in [-0.1, -0.05) is 35.9 Å². The molecule has 0 spiro atoms. The van der Waals surface area contributed by atoms with Crippen LogP contribution in [-0.4, -0.2) is 27.3 Å². The highest BCUT2D eigenvalue weighted by Gasteiger charge is 2.23. The predicted molar refractivity (Wildman–Crippen MR) is 110 cm³/mol. The van der Waals surface area contributed by atoms with Gasteiger partial charge in [0.05, 0.1) is 16.9 Å². The number of aryl methyl sites for hydroxylation is 1. The van der Waals surface area contributed by atoms with Gasteiger partial charge in [0.2, 0.25) is 0 Å². The fourth-order valence-corrected chi connectivity index (χ4v) is 2.99. The predicted octanol–water partition coefficient (Wildman–Crippen LogP) is 2.98. The third kappa shape index (κ3) is 4.13.